The van der Waals surface area contributed by atoms with E-state index in [0.717, 1.165) is 6.54 Å². The second-order valence-corrected chi connectivity index (χ2v) is 10.5. The molecule has 0 aromatic carbocycles. The van der Waals surface area contributed by atoms with Crippen LogP contribution in [-0.2, 0) is 0 Å². The van der Waals surface area contributed by atoms with Crippen molar-refractivity contribution in [2.45, 2.75) is 57.8 Å². The summed E-state index contributed by atoms with van der Waals surface area (Å²) in [7, 11) is -0.750. The highest BCUT2D eigenvalue weighted by atomic mass is 28.3. The zero-order valence-electron chi connectivity index (χ0n) is 9.03. The maximum Gasteiger partial charge on any atom is 0.0442 e. The average Bonchev–Trinajstić information content (AvgIpc) is 1.94. The van der Waals surface area contributed by atoms with Gasteiger partial charge in [-0.15, -0.1) is 0 Å². The minimum Gasteiger partial charge on any atom is -0.330 e. The van der Waals surface area contributed by atoms with E-state index in [1.807, 2.05) is 0 Å². The van der Waals surface area contributed by atoms with E-state index >= 15 is 0 Å². The van der Waals surface area contributed by atoms with Crippen LogP contribution in [0.3, 0.4) is 0 Å². The number of nitrogens with two attached hydrogens (primary N) is 1. The first-order chi connectivity index (χ1) is 5.56. The third-order valence-electron chi connectivity index (χ3n) is 2.13. The van der Waals surface area contributed by atoms with Crippen LogP contribution in [0.25, 0.3) is 0 Å². The molecule has 0 bridgehead atoms. The molecular formula is C10H25NSi. The third kappa shape index (κ3) is 10.2. The Morgan fingerprint density at radius 1 is 0.833 bits per heavy atom. The summed E-state index contributed by atoms with van der Waals surface area (Å²) < 4.78 is 0. The summed E-state index contributed by atoms with van der Waals surface area (Å²) in [6.07, 6.45) is 6.81. The van der Waals surface area contributed by atoms with Crippen molar-refractivity contribution in [1.29, 1.82) is 0 Å². The predicted octanol–water partition coefficient (Wildman–Crippen LogP) is 3.23. The first-order valence-corrected chi connectivity index (χ1v) is 8.97. The Kier molecular flexibility index (Phi) is 6.77. The minimum atomic E-state index is -0.750. The molecule has 0 aromatic rings. The van der Waals surface area contributed by atoms with Crippen molar-refractivity contribution in [3.05, 3.63) is 0 Å². The fourth-order valence-corrected chi connectivity index (χ4v) is 2.64. The lowest BCUT2D eigenvalue weighted by Gasteiger charge is -2.14. The summed E-state index contributed by atoms with van der Waals surface area (Å²) in [5.74, 6) is 0. The molecule has 1 nitrogen and oxygen atoms in total. The summed E-state index contributed by atoms with van der Waals surface area (Å²) in [5.41, 5.74) is 5.42. The fourth-order valence-electron chi connectivity index (χ4n) is 1.33. The number of rotatable bonds is 7. The van der Waals surface area contributed by atoms with Crippen molar-refractivity contribution in [3.63, 3.8) is 0 Å². The van der Waals surface area contributed by atoms with Crippen LogP contribution in [0, 0.1) is 0 Å². The van der Waals surface area contributed by atoms with Gasteiger partial charge >= 0.3 is 0 Å². The zero-order valence-corrected chi connectivity index (χ0v) is 10.0. The second kappa shape index (κ2) is 6.67. The van der Waals surface area contributed by atoms with Gasteiger partial charge in [-0.1, -0.05) is 51.4 Å². The molecule has 12 heavy (non-hydrogen) atoms. The molecule has 0 spiro atoms. The highest BCUT2D eigenvalue weighted by Crippen LogP contribution is 2.14. The van der Waals surface area contributed by atoms with Gasteiger partial charge in [-0.3, -0.25) is 0 Å². The summed E-state index contributed by atoms with van der Waals surface area (Å²) in [4.78, 5) is 0. The smallest absolute Gasteiger partial charge is 0.0442 e. The molecule has 0 aliphatic rings. The van der Waals surface area contributed by atoms with E-state index in [9.17, 15) is 0 Å². The molecule has 0 aliphatic heterocycles. The largest absolute Gasteiger partial charge is 0.330 e. The van der Waals surface area contributed by atoms with Gasteiger partial charge in [0.2, 0.25) is 0 Å². The van der Waals surface area contributed by atoms with Gasteiger partial charge in [-0.2, -0.15) is 0 Å². The topological polar surface area (TPSA) is 26.0 Å². The SMILES string of the molecule is C[Si](C)(C)CCCCCCCN. The van der Waals surface area contributed by atoms with Gasteiger partial charge in [0.25, 0.3) is 0 Å². The Balaban J connectivity index is 3.01. The number of hydrogen-bond donors (Lipinski definition) is 1. The quantitative estimate of drug-likeness (QED) is 0.480. The van der Waals surface area contributed by atoms with E-state index in [0.29, 0.717) is 0 Å². The van der Waals surface area contributed by atoms with Crippen molar-refractivity contribution < 1.29 is 0 Å². The summed E-state index contributed by atoms with van der Waals surface area (Å²) in [5, 5.41) is 0. The van der Waals surface area contributed by atoms with Crippen LogP contribution in [0.4, 0.5) is 0 Å². The molecule has 2 N–H and O–H groups in total. The summed E-state index contributed by atoms with van der Waals surface area (Å²) in [6, 6.07) is 1.50. The van der Waals surface area contributed by atoms with Gasteiger partial charge in [0.1, 0.15) is 0 Å². The highest BCUT2D eigenvalue weighted by Gasteiger charge is 2.11. The first-order valence-electron chi connectivity index (χ1n) is 5.26. The van der Waals surface area contributed by atoms with E-state index < -0.39 is 8.07 Å². The van der Waals surface area contributed by atoms with Gasteiger partial charge in [-0.05, 0) is 13.0 Å². The van der Waals surface area contributed by atoms with E-state index in [1.54, 1.807) is 0 Å². The van der Waals surface area contributed by atoms with Gasteiger partial charge in [0.05, 0.1) is 0 Å². The zero-order chi connectivity index (χ0) is 9.45. The molecule has 0 saturated carbocycles. The van der Waals surface area contributed by atoms with Crippen LogP contribution in [0.5, 0.6) is 0 Å². The lowest BCUT2D eigenvalue weighted by molar-refractivity contribution is 0.635. The minimum absolute atomic E-state index is 0.750. The van der Waals surface area contributed by atoms with Crippen molar-refractivity contribution >= 4 is 8.07 Å². The second-order valence-electron chi connectivity index (χ2n) is 4.87. The van der Waals surface area contributed by atoms with Gasteiger partial charge in [0, 0.05) is 8.07 Å². The standard InChI is InChI=1S/C10H25NSi/c1-12(2,3)10-8-6-4-5-7-9-11/h4-11H2,1-3H3. The Labute approximate surface area is 78.7 Å². The van der Waals surface area contributed by atoms with Crippen LogP contribution in [0.1, 0.15) is 32.1 Å². The van der Waals surface area contributed by atoms with Crippen LogP contribution in [-0.4, -0.2) is 14.6 Å². The Hall–Kier alpha value is 0.177. The molecule has 2 heteroatoms. The van der Waals surface area contributed by atoms with Gasteiger partial charge < -0.3 is 5.73 Å². The van der Waals surface area contributed by atoms with Crippen LogP contribution < -0.4 is 5.73 Å². The summed E-state index contributed by atoms with van der Waals surface area (Å²) in [6.45, 7) is 8.22. The lowest BCUT2D eigenvalue weighted by atomic mass is 10.2. The van der Waals surface area contributed by atoms with E-state index in [-0.39, 0.29) is 0 Å². The highest BCUT2D eigenvalue weighted by molar-refractivity contribution is 6.76. The number of unbranched alkanes of at least 4 members (excludes halogenated alkanes) is 4. The molecule has 0 fully saturated rings. The first kappa shape index (κ1) is 12.2. The summed E-state index contributed by atoms with van der Waals surface area (Å²) >= 11 is 0. The molecule has 0 saturated heterocycles. The lowest BCUT2D eigenvalue weighted by Crippen LogP contribution is -2.18. The van der Waals surface area contributed by atoms with Crippen LogP contribution in [0.2, 0.25) is 25.7 Å². The Morgan fingerprint density at radius 3 is 1.83 bits per heavy atom. The molecule has 74 valence electrons. The van der Waals surface area contributed by atoms with E-state index in [4.69, 9.17) is 5.73 Å². The molecule has 0 heterocycles. The number of hydrogen-bond acceptors (Lipinski definition) is 1. The molecule has 0 radical (unpaired) electrons. The molecule has 0 unspecified atom stereocenters. The van der Waals surface area contributed by atoms with Gasteiger partial charge in [-0.25, -0.2) is 0 Å². The predicted molar refractivity (Wildman–Crippen MR) is 60.3 cm³/mol. The van der Waals surface area contributed by atoms with Crippen LogP contribution >= 0.6 is 0 Å². The Morgan fingerprint density at radius 2 is 1.33 bits per heavy atom. The Bertz CT molecular complexity index is 96.5. The molecule has 0 rings (SSSR count). The normalized spacial score (nSPS) is 12.0. The van der Waals surface area contributed by atoms with Gasteiger partial charge in [0.15, 0.2) is 0 Å². The van der Waals surface area contributed by atoms with Crippen molar-refractivity contribution in [3.8, 4) is 0 Å². The molecule has 0 amide bonds. The van der Waals surface area contributed by atoms with Crippen LogP contribution in [0.15, 0.2) is 0 Å². The molecule has 0 aromatic heterocycles. The van der Waals surface area contributed by atoms with Crippen molar-refractivity contribution in [2.75, 3.05) is 6.54 Å². The van der Waals surface area contributed by atoms with Crippen molar-refractivity contribution in [1.82, 2.24) is 0 Å². The van der Waals surface area contributed by atoms with Crippen molar-refractivity contribution in [2.24, 2.45) is 5.73 Å². The molecule has 0 aliphatic carbocycles. The molecule has 0 atom stereocenters. The maximum atomic E-state index is 5.42. The third-order valence-corrected chi connectivity index (χ3v) is 3.98. The molecular weight excluding hydrogens is 162 g/mol. The fraction of sp³-hybridized carbons (Fsp3) is 1.00. The van der Waals surface area contributed by atoms with E-state index in [1.165, 1.54) is 38.1 Å². The van der Waals surface area contributed by atoms with E-state index in [2.05, 4.69) is 19.6 Å². The monoisotopic (exact) mass is 187 g/mol. The average molecular weight is 187 g/mol. The maximum absolute atomic E-state index is 5.42.